The fraction of sp³-hybridized carbons (Fsp3) is 0.300. The standard InChI is InChI=1S/C10H10Cl2O2/c1-2-7-3-4-8(5-9(7)11)14-6-10(12)13/h3-5H,2,6H2,1H3. The second-order valence-electron chi connectivity index (χ2n) is 2.75. The van der Waals surface area contributed by atoms with E-state index in [4.69, 9.17) is 27.9 Å². The number of hydrogen-bond donors (Lipinski definition) is 0. The van der Waals surface area contributed by atoms with Crippen molar-refractivity contribution in [3.05, 3.63) is 28.8 Å². The number of rotatable bonds is 4. The van der Waals surface area contributed by atoms with Gasteiger partial charge >= 0.3 is 0 Å². The molecule has 0 saturated heterocycles. The van der Waals surface area contributed by atoms with E-state index in [9.17, 15) is 4.79 Å². The average Bonchev–Trinajstić information content (AvgIpc) is 2.15. The van der Waals surface area contributed by atoms with Gasteiger partial charge in [0.2, 0.25) is 0 Å². The van der Waals surface area contributed by atoms with Crippen LogP contribution < -0.4 is 4.74 Å². The number of carbonyl (C=O) groups excluding carboxylic acids is 1. The third-order valence-electron chi connectivity index (χ3n) is 1.76. The van der Waals surface area contributed by atoms with Crippen molar-refractivity contribution in [2.45, 2.75) is 13.3 Å². The minimum absolute atomic E-state index is 0.136. The van der Waals surface area contributed by atoms with E-state index < -0.39 is 5.24 Å². The molecule has 76 valence electrons. The Bertz CT molecular complexity index is 337. The summed E-state index contributed by atoms with van der Waals surface area (Å²) < 4.78 is 5.08. The molecule has 1 aromatic rings. The van der Waals surface area contributed by atoms with Gasteiger partial charge in [-0.25, -0.2) is 0 Å². The minimum Gasteiger partial charge on any atom is -0.484 e. The van der Waals surface area contributed by atoms with Crippen molar-refractivity contribution in [2.75, 3.05) is 6.61 Å². The first-order valence-electron chi connectivity index (χ1n) is 4.23. The molecule has 4 heteroatoms. The highest BCUT2D eigenvalue weighted by Gasteiger charge is 2.02. The molecule has 0 aliphatic rings. The predicted molar refractivity (Wildman–Crippen MR) is 57.2 cm³/mol. The maximum atomic E-state index is 10.4. The van der Waals surface area contributed by atoms with Crippen LogP contribution in [0.15, 0.2) is 18.2 Å². The lowest BCUT2D eigenvalue weighted by atomic mass is 10.2. The highest BCUT2D eigenvalue weighted by atomic mass is 35.5. The maximum absolute atomic E-state index is 10.4. The van der Waals surface area contributed by atoms with Gasteiger partial charge in [-0.1, -0.05) is 24.6 Å². The van der Waals surface area contributed by atoms with Crippen LogP contribution in [-0.2, 0) is 11.2 Å². The lowest BCUT2D eigenvalue weighted by Gasteiger charge is -2.05. The van der Waals surface area contributed by atoms with Gasteiger partial charge in [-0.15, -0.1) is 0 Å². The third kappa shape index (κ3) is 3.20. The zero-order valence-corrected chi connectivity index (χ0v) is 9.23. The number of carbonyl (C=O) groups is 1. The molecule has 0 spiro atoms. The third-order valence-corrected chi connectivity index (χ3v) is 2.22. The largest absolute Gasteiger partial charge is 0.484 e. The Balaban J connectivity index is 2.71. The van der Waals surface area contributed by atoms with Crippen LogP contribution in [0.5, 0.6) is 5.75 Å². The molecule has 0 radical (unpaired) electrons. The molecule has 0 aliphatic carbocycles. The second-order valence-corrected chi connectivity index (χ2v) is 3.58. The molecule has 0 amide bonds. The zero-order valence-electron chi connectivity index (χ0n) is 7.72. The molecule has 14 heavy (non-hydrogen) atoms. The van der Waals surface area contributed by atoms with Gasteiger partial charge in [-0.2, -0.15) is 0 Å². The topological polar surface area (TPSA) is 26.3 Å². The van der Waals surface area contributed by atoms with Crippen molar-refractivity contribution >= 4 is 28.4 Å². The lowest BCUT2D eigenvalue weighted by molar-refractivity contribution is -0.113. The van der Waals surface area contributed by atoms with Gasteiger partial charge in [0, 0.05) is 5.02 Å². The van der Waals surface area contributed by atoms with Gasteiger partial charge in [-0.3, -0.25) is 4.79 Å². The Hall–Kier alpha value is -0.730. The first-order valence-corrected chi connectivity index (χ1v) is 4.98. The average molecular weight is 233 g/mol. The summed E-state index contributed by atoms with van der Waals surface area (Å²) in [7, 11) is 0. The van der Waals surface area contributed by atoms with Crippen molar-refractivity contribution in [1.82, 2.24) is 0 Å². The molecule has 0 aromatic heterocycles. The fourth-order valence-corrected chi connectivity index (χ4v) is 1.40. The second kappa shape index (κ2) is 5.23. The minimum atomic E-state index is -0.527. The van der Waals surface area contributed by atoms with E-state index in [-0.39, 0.29) is 6.61 Å². The van der Waals surface area contributed by atoms with Crippen molar-refractivity contribution in [2.24, 2.45) is 0 Å². The predicted octanol–water partition coefficient (Wildman–Crippen LogP) is 3.05. The van der Waals surface area contributed by atoms with E-state index >= 15 is 0 Å². The van der Waals surface area contributed by atoms with E-state index in [2.05, 4.69) is 0 Å². The Labute approximate surface area is 92.8 Å². The SMILES string of the molecule is CCc1ccc(OCC(=O)Cl)cc1Cl. The molecule has 1 aromatic carbocycles. The summed E-state index contributed by atoms with van der Waals surface area (Å²) in [6, 6.07) is 5.32. The summed E-state index contributed by atoms with van der Waals surface area (Å²) in [6.07, 6.45) is 0.869. The number of benzene rings is 1. The summed E-state index contributed by atoms with van der Waals surface area (Å²) >= 11 is 11.1. The number of ether oxygens (including phenoxy) is 1. The number of aryl methyl sites for hydroxylation is 1. The van der Waals surface area contributed by atoms with E-state index in [1.807, 2.05) is 13.0 Å². The van der Waals surface area contributed by atoms with Crippen LogP contribution in [0.4, 0.5) is 0 Å². The lowest BCUT2D eigenvalue weighted by Crippen LogP contribution is -2.04. The molecule has 0 saturated carbocycles. The monoisotopic (exact) mass is 232 g/mol. The van der Waals surface area contributed by atoms with Crippen molar-refractivity contribution in [1.29, 1.82) is 0 Å². The smallest absolute Gasteiger partial charge is 0.259 e. The maximum Gasteiger partial charge on any atom is 0.259 e. The molecule has 1 rings (SSSR count). The quantitative estimate of drug-likeness (QED) is 0.747. The Morgan fingerprint density at radius 3 is 2.71 bits per heavy atom. The van der Waals surface area contributed by atoms with Gasteiger partial charge in [0.05, 0.1) is 0 Å². The molecule has 0 N–H and O–H groups in total. The van der Waals surface area contributed by atoms with Gasteiger partial charge in [0.15, 0.2) is 6.61 Å². The molecular weight excluding hydrogens is 223 g/mol. The normalized spacial score (nSPS) is 9.93. The zero-order chi connectivity index (χ0) is 10.6. The van der Waals surface area contributed by atoms with Crippen molar-refractivity contribution < 1.29 is 9.53 Å². The summed E-state index contributed by atoms with van der Waals surface area (Å²) in [4.78, 5) is 10.4. The molecule has 0 heterocycles. The summed E-state index contributed by atoms with van der Waals surface area (Å²) in [5.41, 5.74) is 1.05. The van der Waals surface area contributed by atoms with Gasteiger partial charge in [-0.05, 0) is 35.7 Å². The van der Waals surface area contributed by atoms with E-state index in [1.54, 1.807) is 12.1 Å². The summed E-state index contributed by atoms with van der Waals surface area (Å²) in [6.45, 7) is 1.88. The molecule has 0 unspecified atom stereocenters. The molecule has 0 atom stereocenters. The van der Waals surface area contributed by atoms with Gasteiger partial charge < -0.3 is 4.74 Å². The first-order chi connectivity index (χ1) is 6.63. The van der Waals surface area contributed by atoms with Gasteiger partial charge in [0.25, 0.3) is 5.24 Å². The number of halogens is 2. The van der Waals surface area contributed by atoms with Crippen LogP contribution in [0.3, 0.4) is 0 Å². The molecule has 0 aliphatic heterocycles. The summed E-state index contributed by atoms with van der Waals surface area (Å²) in [5.74, 6) is 0.557. The van der Waals surface area contributed by atoms with E-state index in [0.717, 1.165) is 12.0 Å². The first kappa shape index (κ1) is 11.3. The van der Waals surface area contributed by atoms with Crippen LogP contribution >= 0.6 is 23.2 Å². The highest BCUT2D eigenvalue weighted by molar-refractivity contribution is 6.63. The fourth-order valence-electron chi connectivity index (χ4n) is 1.04. The van der Waals surface area contributed by atoms with Crippen LogP contribution in [0.25, 0.3) is 0 Å². The number of hydrogen-bond acceptors (Lipinski definition) is 2. The Kier molecular flexibility index (Phi) is 4.23. The van der Waals surface area contributed by atoms with Gasteiger partial charge in [0.1, 0.15) is 5.75 Å². The highest BCUT2D eigenvalue weighted by Crippen LogP contribution is 2.22. The van der Waals surface area contributed by atoms with E-state index in [1.165, 1.54) is 0 Å². The Morgan fingerprint density at radius 2 is 2.21 bits per heavy atom. The van der Waals surface area contributed by atoms with Crippen molar-refractivity contribution in [3.63, 3.8) is 0 Å². The molecule has 0 bridgehead atoms. The van der Waals surface area contributed by atoms with Crippen LogP contribution in [0.1, 0.15) is 12.5 Å². The van der Waals surface area contributed by atoms with Crippen molar-refractivity contribution in [3.8, 4) is 5.75 Å². The van der Waals surface area contributed by atoms with Crippen LogP contribution in [0.2, 0.25) is 5.02 Å². The van der Waals surface area contributed by atoms with Crippen LogP contribution in [-0.4, -0.2) is 11.8 Å². The molecule has 0 fully saturated rings. The van der Waals surface area contributed by atoms with E-state index in [0.29, 0.717) is 10.8 Å². The molecular formula is C10H10Cl2O2. The molecule has 2 nitrogen and oxygen atoms in total. The van der Waals surface area contributed by atoms with Crippen LogP contribution in [0, 0.1) is 0 Å². The summed E-state index contributed by atoms with van der Waals surface area (Å²) in [5, 5.41) is 0.118. The Morgan fingerprint density at radius 1 is 1.50 bits per heavy atom.